The van der Waals surface area contributed by atoms with Crippen molar-refractivity contribution in [1.29, 1.82) is 0 Å². The van der Waals surface area contributed by atoms with Gasteiger partial charge in [-0.15, -0.1) is 35.3 Å². The number of carboxylic acids is 1. The zero-order chi connectivity index (χ0) is 22.2. The molecule has 1 aromatic carbocycles. The summed E-state index contributed by atoms with van der Waals surface area (Å²) < 4.78 is 1.54. The lowest BCUT2D eigenvalue weighted by Gasteiger charge is -2.49. The Labute approximate surface area is 200 Å². The van der Waals surface area contributed by atoms with Gasteiger partial charge >= 0.3 is 5.97 Å². The number of carbonyl (C=O) groups excluding carboxylic acids is 2. The van der Waals surface area contributed by atoms with Crippen molar-refractivity contribution in [1.82, 2.24) is 20.0 Å². The van der Waals surface area contributed by atoms with E-state index < -0.39 is 17.4 Å². The summed E-state index contributed by atoms with van der Waals surface area (Å²) in [5.41, 5.74) is 0.851. The number of hydrogen-bond acceptors (Lipinski definition) is 8. The number of carbonyl (C=O) groups is 3. The highest BCUT2D eigenvalue weighted by Gasteiger charge is 2.54. The Hall–Kier alpha value is -2.02. The fourth-order valence-electron chi connectivity index (χ4n) is 3.66. The molecule has 8 nitrogen and oxygen atoms in total. The Morgan fingerprint density at radius 3 is 2.59 bits per heavy atom. The molecular weight excluding hydrogens is 489 g/mol. The molecule has 166 valence electrons. The second kappa shape index (κ2) is 9.08. The second-order valence-electron chi connectivity index (χ2n) is 7.07. The molecule has 12 heteroatoms. The highest BCUT2D eigenvalue weighted by molar-refractivity contribution is 8.21. The van der Waals surface area contributed by atoms with Gasteiger partial charge < -0.3 is 10.4 Å². The van der Waals surface area contributed by atoms with E-state index in [0.29, 0.717) is 10.7 Å². The van der Waals surface area contributed by atoms with Crippen LogP contribution in [0.4, 0.5) is 0 Å². The van der Waals surface area contributed by atoms with E-state index in [1.807, 2.05) is 36.4 Å². The third-order valence-electron chi connectivity index (χ3n) is 5.11. The fraction of sp³-hybridized carbons (Fsp3) is 0.300. The third-order valence-corrected chi connectivity index (χ3v) is 10.7. The summed E-state index contributed by atoms with van der Waals surface area (Å²) in [5.74, 6) is 0.568. The van der Waals surface area contributed by atoms with Crippen molar-refractivity contribution in [3.05, 3.63) is 53.2 Å². The number of carboxylic acid groups (broad SMARTS) is 1. The van der Waals surface area contributed by atoms with Crippen molar-refractivity contribution in [2.45, 2.75) is 21.0 Å². The Bertz CT molecular complexity index is 1100. The Morgan fingerprint density at radius 1 is 1.12 bits per heavy atom. The predicted octanol–water partition coefficient (Wildman–Crippen LogP) is 2.47. The SMILES string of the molecule is O=C(O)C1=C(Sc2ccnn2-c2ccccc2)CS[C@H]2[C@H](NC(=O)C3SCCS3)C(=O)N12. The molecule has 0 saturated carbocycles. The molecule has 2 fully saturated rings. The van der Waals surface area contributed by atoms with Gasteiger partial charge in [0.2, 0.25) is 5.91 Å². The smallest absolute Gasteiger partial charge is 0.353 e. The van der Waals surface area contributed by atoms with E-state index >= 15 is 0 Å². The van der Waals surface area contributed by atoms with Crippen molar-refractivity contribution in [2.24, 2.45) is 0 Å². The first-order valence-electron chi connectivity index (χ1n) is 9.76. The van der Waals surface area contributed by atoms with Crippen LogP contribution < -0.4 is 5.32 Å². The highest BCUT2D eigenvalue weighted by Crippen LogP contribution is 2.45. The number of benzene rings is 1. The van der Waals surface area contributed by atoms with E-state index in [4.69, 9.17) is 0 Å². The Kier molecular flexibility index (Phi) is 6.19. The van der Waals surface area contributed by atoms with Gasteiger partial charge in [-0.2, -0.15) is 5.10 Å². The van der Waals surface area contributed by atoms with Crippen LogP contribution in [0.3, 0.4) is 0 Å². The van der Waals surface area contributed by atoms with Crippen molar-refractivity contribution >= 4 is 64.8 Å². The Balaban J connectivity index is 1.37. The Morgan fingerprint density at radius 2 is 1.88 bits per heavy atom. The molecule has 1 aromatic heterocycles. The number of nitrogens with one attached hydrogen (secondary N) is 1. The maximum Gasteiger partial charge on any atom is 0.353 e. The molecule has 2 amide bonds. The lowest BCUT2D eigenvalue weighted by molar-refractivity contribution is -0.150. The van der Waals surface area contributed by atoms with E-state index in [2.05, 4.69) is 10.4 Å². The number of hydrogen-bond donors (Lipinski definition) is 2. The maximum atomic E-state index is 12.9. The van der Waals surface area contributed by atoms with Gasteiger partial charge in [0.05, 0.1) is 11.9 Å². The molecule has 0 aliphatic carbocycles. The third kappa shape index (κ3) is 3.93. The number of para-hydroxylation sites is 1. The zero-order valence-corrected chi connectivity index (χ0v) is 19.8. The van der Waals surface area contributed by atoms with Crippen molar-refractivity contribution in [2.75, 3.05) is 17.3 Å². The van der Waals surface area contributed by atoms with E-state index in [9.17, 15) is 19.5 Å². The molecule has 0 spiro atoms. The summed E-state index contributed by atoms with van der Waals surface area (Å²) >= 11 is 5.90. The van der Waals surface area contributed by atoms with Crippen molar-refractivity contribution in [3.63, 3.8) is 0 Å². The van der Waals surface area contributed by atoms with Gasteiger partial charge in [0.25, 0.3) is 5.91 Å². The van der Waals surface area contributed by atoms with Crippen LogP contribution in [-0.4, -0.2) is 70.8 Å². The summed E-state index contributed by atoms with van der Waals surface area (Å²) in [6.07, 6.45) is 1.66. The molecule has 3 aliphatic rings. The summed E-state index contributed by atoms with van der Waals surface area (Å²) in [6, 6.07) is 10.7. The number of amides is 2. The molecule has 2 atom stereocenters. The summed E-state index contributed by atoms with van der Waals surface area (Å²) in [6.45, 7) is 0. The van der Waals surface area contributed by atoms with E-state index in [1.54, 1.807) is 34.4 Å². The zero-order valence-electron chi connectivity index (χ0n) is 16.5. The number of aromatic nitrogens is 2. The van der Waals surface area contributed by atoms with Crippen LogP contribution in [0.15, 0.2) is 58.2 Å². The van der Waals surface area contributed by atoms with Gasteiger partial charge in [-0.25, -0.2) is 9.48 Å². The molecular formula is C20H18N4O4S4. The van der Waals surface area contributed by atoms with Gasteiger partial charge in [-0.1, -0.05) is 30.0 Å². The molecule has 2 aromatic rings. The maximum absolute atomic E-state index is 12.9. The van der Waals surface area contributed by atoms with Gasteiger partial charge in [-0.3, -0.25) is 14.5 Å². The molecule has 0 radical (unpaired) electrons. The van der Waals surface area contributed by atoms with E-state index in [0.717, 1.165) is 22.2 Å². The fourth-order valence-corrected chi connectivity index (χ4v) is 8.79. The molecule has 2 saturated heterocycles. The van der Waals surface area contributed by atoms with Gasteiger partial charge in [0.1, 0.15) is 26.7 Å². The molecule has 0 bridgehead atoms. The van der Waals surface area contributed by atoms with Crippen LogP contribution in [-0.2, 0) is 14.4 Å². The first-order valence-corrected chi connectivity index (χ1v) is 13.7. The van der Waals surface area contributed by atoms with Gasteiger partial charge in [-0.05, 0) is 18.2 Å². The molecule has 0 unspecified atom stereocenters. The monoisotopic (exact) mass is 506 g/mol. The van der Waals surface area contributed by atoms with Crippen LogP contribution in [0.2, 0.25) is 0 Å². The minimum atomic E-state index is -1.15. The largest absolute Gasteiger partial charge is 0.477 e. The van der Waals surface area contributed by atoms with Crippen LogP contribution in [0.1, 0.15) is 0 Å². The first-order chi connectivity index (χ1) is 15.5. The minimum absolute atomic E-state index is 0.0142. The average molecular weight is 507 g/mol. The molecule has 5 rings (SSSR count). The van der Waals surface area contributed by atoms with Crippen molar-refractivity contribution in [3.8, 4) is 5.69 Å². The quantitative estimate of drug-likeness (QED) is 0.572. The number of rotatable bonds is 6. The van der Waals surface area contributed by atoms with Gasteiger partial charge in [0, 0.05) is 22.2 Å². The lowest BCUT2D eigenvalue weighted by Crippen LogP contribution is -2.70. The number of fused-ring (bicyclic) bond motifs is 1. The molecule has 3 aliphatic heterocycles. The molecule has 4 heterocycles. The summed E-state index contributed by atoms with van der Waals surface area (Å²) in [4.78, 5) is 39.3. The van der Waals surface area contributed by atoms with Crippen molar-refractivity contribution < 1.29 is 19.5 Å². The van der Waals surface area contributed by atoms with E-state index in [1.165, 1.54) is 28.4 Å². The lowest BCUT2D eigenvalue weighted by atomic mass is 10.1. The number of nitrogens with zero attached hydrogens (tertiary/aromatic N) is 3. The minimum Gasteiger partial charge on any atom is -0.477 e. The average Bonchev–Trinajstić information content (AvgIpc) is 3.50. The number of β-lactam (4-membered cyclic amide) rings is 1. The molecule has 32 heavy (non-hydrogen) atoms. The van der Waals surface area contributed by atoms with Crippen LogP contribution >= 0.6 is 47.0 Å². The number of aliphatic carboxylic acids is 1. The normalized spacial score (nSPS) is 23.1. The van der Waals surface area contributed by atoms with Gasteiger partial charge in [0.15, 0.2) is 0 Å². The second-order valence-corrected chi connectivity index (χ2v) is 12.0. The van der Waals surface area contributed by atoms with Crippen LogP contribution in [0.25, 0.3) is 5.69 Å². The predicted molar refractivity (Wildman–Crippen MR) is 128 cm³/mol. The summed E-state index contributed by atoms with van der Waals surface area (Å²) in [7, 11) is 0. The standard InChI is InChI=1S/C20H18N4O4S4/c25-16(20-29-8-9-30-20)22-14-17(26)23-15(19(27)28)12(10-31-18(14)23)32-13-6-7-21-24(13)11-4-2-1-3-5-11/h1-7,14,18,20H,8-10H2,(H,22,25)(H,27,28)/t14-,18+/m1/s1. The molecule has 2 N–H and O–H groups in total. The first kappa shape index (κ1) is 21.8. The van der Waals surface area contributed by atoms with Crippen LogP contribution in [0.5, 0.6) is 0 Å². The van der Waals surface area contributed by atoms with Crippen LogP contribution in [0, 0.1) is 0 Å². The number of thioether (sulfide) groups is 4. The highest BCUT2D eigenvalue weighted by atomic mass is 32.2. The summed E-state index contributed by atoms with van der Waals surface area (Å²) in [5, 5.41) is 17.5. The van der Waals surface area contributed by atoms with E-state index in [-0.39, 0.29) is 22.1 Å². The topological polar surface area (TPSA) is 105 Å².